The maximum atomic E-state index is 12.4. The fourth-order valence-corrected chi connectivity index (χ4v) is 3.65. The predicted molar refractivity (Wildman–Crippen MR) is 66.0 cm³/mol. The molecule has 0 spiro atoms. The minimum atomic E-state index is -0.901. The van der Waals surface area contributed by atoms with Gasteiger partial charge in [0.1, 0.15) is 6.04 Å². The lowest BCUT2D eigenvalue weighted by Gasteiger charge is -2.32. The Morgan fingerprint density at radius 1 is 1.35 bits per heavy atom. The molecule has 2 rings (SSSR count). The van der Waals surface area contributed by atoms with E-state index in [0.717, 1.165) is 19.4 Å². The summed E-state index contributed by atoms with van der Waals surface area (Å²) in [4.78, 5) is 26.8. The molecule has 0 saturated carbocycles. The zero-order valence-corrected chi connectivity index (χ0v) is 10.9. The Morgan fingerprint density at radius 2 is 2.06 bits per heavy atom. The molecule has 2 saturated heterocycles. The lowest BCUT2D eigenvalue weighted by Crippen LogP contribution is -2.51. The Labute approximate surface area is 105 Å². The second kappa shape index (κ2) is 4.76. The number of carboxylic acids is 1. The van der Waals surface area contributed by atoms with Crippen LogP contribution in [0.1, 0.15) is 26.7 Å². The number of aliphatic carboxylic acids is 1. The SMILES string of the molecule is CC1CCCN1C(=O)N1C(C)SCC1C(=O)O. The van der Waals surface area contributed by atoms with Crippen LogP contribution in [0, 0.1) is 0 Å². The van der Waals surface area contributed by atoms with Crippen molar-refractivity contribution >= 4 is 23.8 Å². The largest absolute Gasteiger partial charge is 0.480 e. The van der Waals surface area contributed by atoms with Crippen LogP contribution in [0.3, 0.4) is 0 Å². The number of amides is 2. The van der Waals surface area contributed by atoms with Crippen LogP contribution >= 0.6 is 11.8 Å². The predicted octanol–water partition coefficient (Wildman–Crippen LogP) is 1.44. The molecule has 3 atom stereocenters. The second-order valence-electron chi connectivity index (χ2n) is 4.66. The molecule has 0 aromatic rings. The number of urea groups is 1. The van der Waals surface area contributed by atoms with Gasteiger partial charge in [-0.05, 0) is 26.7 Å². The molecule has 0 aromatic heterocycles. The highest BCUT2D eigenvalue weighted by atomic mass is 32.2. The third-order valence-electron chi connectivity index (χ3n) is 3.53. The molecule has 2 amide bonds. The van der Waals surface area contributed by atoms with E-state index in [0.29, 0.717) is 5.75 Å². The third-order valence-corrected chi connectivity index (χ3v) is 4.75. The molecule has 2 heterocycles. The standard InChI is InChI=1S/C11H18N2O3S/c1-7-4-3-5-12(7)11(16)13-8(2)17-6-9(13)10(14)15/h7-9H,3-6H2,1-2H3,(H,14,15). The van der Waals surface area contributed by atoms with Crippen LogP contribution in [0.15, 0.2) is 0 Å². The van der Waals surface area contributed by atoms with Gasteiger partial charge in [0.05, 0.1) is 5.37 Å². The van der Waals surface area contributed by atoms with Gasteiger partial charge in [0.15, 0.2) is 0 Å². The highest BCUT2D eigenvalue weighted by molar-refractivity contribution is 8.00. The maximum Gasteiger partial charge on any atom is 0.327 e. The summed E-state index contributed by atoms with van der Waals surface area (Å²) in [6.45, 7) is 4.67. The lowest BCUT2D eigenvalue weighted by molar-refractivity contribution is -0.141. The third kappa shape index (κ3) is 2.22. The van der Waals surface area contributed by atoms with E-state index < -0.39 is 12.0 Å². The molecule has 3 unspecified atom stereocenters. The molecule has 2 aliphatic rings. The van der Waals surface area contributed by atoms with Crippen LogP contribution < -0.4 is 0 Å². The van der Waals surface area contributed by atoms with E-state index in [2.05, 4.69) is 0 Å². The van der Waals surface area contributed by atoms with Crippen LogP contribution in [-0.4, -0.2) is 56.7 Å². The maximum absolute atomic E-state index is 12.4. The van der Waals surface area contributed by atoms with E-state index in [1.807, 2.05) is 13.8 Å². The highest BCUT2D eigenvalue weighted by Gasteiger charge is 2.42. The van der Waals surface area contributed by atoms with Gasteiger partial charge in [0.2, 0.25) is 0 Å². The van der Waals surface area contributed by atoms with Gasteiger partial charge in [-0.3, -0.25) is 4.90 Å². The van der Waals surface area contributed by atoms with Gasteiger partial charge in [-0.2, -0.15) is 0 Å². The van der Waals surface area contributed by atoms with Gasteiger partial charge in [-0.1, -0.05) is 0 Å². The fourth-order valence-electron chi connectivity index (χ4n) is 2.49. The minimum absolute atomic E-state index is 0.0450. The minimum Gasteiger partial charge on any atom is -0.480 e. The number of carbonyl (C=O) groups is 2. The van der Waals surface area contributed by atoms with E-state index in [4.69, 9.17) is 5.11 Å². The summed E-state index contributed by atoms with van der Waals surface area (Å²) in [6, 6.07) is -0.551. The van der Waals surface area contributed by atoms with E-state index in [1.165, 1.54) is 16.7 Å². The Hall–Kier alpha value is -0.910. The Bertz CT molecular complexity index is 337. The van der Waals surface area contributed by atoms with Crippen molar-refractivity contribution in [3.63, 3.8) is 0 Å². The molecule has 6 heteroatoms. The first kappa shape index (κ1) is 12.5. The summed E-state index contributed by atoms with van der Waals surface area (Å²) in [5.41, 5.74) is 0. The second-order valence-corrected chi connectivity index (χ2v) is 6.01. The van der Waals surface area contributed by atoms with E-state index in [-0.39, 0.29) is 17.4 Å². The number of likely N-dealkylation sites (tertiary alicyclic amines) is 1. The number of hydrogen-bond donors (Lipinski definition) is 1. The first-order valence-corrected chi connectivity index (χ1v) is 7.00. The molecule has 5 nitrogen and oxygen atoms in total. The molecule has 2 aliphatic heterocycles. The first-order valence-electron chi connectivity index (χ1n) is 5.95. The van der Waals surface area contributed by atoms with Crippen molar-refractivity contribution in [2.45, 2.75) is 44.1 Å². The van der Waals surface area contributed by atoms with Crippen molar-refractivity contribution in [2.24, 2.45) is 0 Å². The van der Waals surface area contributed by atoms with Gasteiger partial charge in [0.25, 0.3) is 0 Å². The van der Waals surface area contributed by atoms with Crippen molar-refractivity contribution in [2.75, 3.05) is 12.3 Å². The smallest absolute Gasteiger partial charge is 0.327 e. The van der Waals surface area contributed by atoms with E-state index in [1.54, 1.807) is 4.90 Å². The number of carbonyl (C=O) groups excluding carboxylic acids is 1. The average molecular weight is 258 g/mol. The summed E-state index contributed by atoms with van der Waals surface area (Å²) in [7, 11) is 0. The number of hydrogen-bond acceptors (Lipinski definition) is 3. The Balaban J connectivity index is 2.13. The van der Waals surface area contributed by atoms with Gasteiger partial charge in [-0.25, -0.2) is 9.59 Å². The molecule has 0 aromatic carbocycles. The van der Waals surface area contributed by atoms with Crippen LogP contribution in [0.5, 0.6) is 0 Å². The van der Waals surface area contributed by atoms with Gasteiger partial charge >= 0.3 is 12.0 Å². The monoisotopic (exact) mass is 258 g/mol. The van der Waals surface area contributed by atoms with E-state index in [9.17, 15) is 9.59 Å². The molecule has 96 valence electrons. The van der Waals surface area contributed by atoms with Crippen molar-refractivity contribution in [1.29, 1.82) is 0 Å². The summed E-state index contributed by atoms with van der Waals surface area (Å²) >= 11 is 1.53. The van der Waals surface area contributed by atoms with Crippen molar-refractivity contribution in [3.05, 3.63) is 0 Å². The molecular formula is C11H18N2O3S. The summed E-state index contributed by atoms with van der Waals surface area (Å²) in [5, 5.41) is 9.09. The molecule has 0 aliphatic carbocycles. The summed E-state index contributed by atoms with van der Waals surface area (Å²) < 4.78 is 0. The first-order chi connectivity index (χ1) is 8.02. The molecule has 17 heavy (non-hydrogen) atoms. The Kier molecular flexibility index (Phi) is 3.51. The molecular weight excluding hydrogens is 240 g/mol. The van der Waals surface area contributed by atoms with Gasteiger partial charge in [0, 0.05) is 18.3 Å². The topological polar surface area (TPSA) is 60.9 Å². The highest BCUT2D eigenvalue weighted by Crippen LogP contribution is 2.31. The van der Waals surface area contributed by atoms with Crippen LogP contribution in [-0.2, 0) is 4.79 Å². The van der Waals surface area contributed by atoms with Crippen molar-refractivity contribution in [1.82, 2.24) is 9.80 Å². The summed E-state index contributed by atoms with van der Waals surface area (Å²) in [5.74, 6) is -0.410. The molecule has 0 bridgehead atoms. The normalized spacial score (nSPS) is 33.2. The van der Waals surface area contributed by atoms with Crippen LogP contribution in [0.2, 0.25) is 0 Å². The number of thioether (sulfide) groups is 1. The number of rotatable bonds is 1. The lowest BCUT2D eigenvalue weighted by atomic mass is 10.2. The van der Waals surface area contributed by atoms with Crippen molar-refractivity contribution < 1.29 is 14.7 Å². The zero-order valence-electron chi connectivity index (χ0n) is 10.1. The van der Waals surface area contributed by atoms with Crippen LogP contribution in [0.25, 0.3) is 0 Å². The summed E-state index contributed by atoms with van der Waals surface area (Å²) in [6.07, 6.45) is 2.03. The van der Waals surface area contributed by atoms with Gasteiger partial charge < -0.3 is 10.0 Å². The average Bonchev–Trinajstić information content (AvgIpc) is 2.83. The zero-order chi connectivity index (χ0) is 12.6. The number of carboxylic acid groups (broad SMARTS) is 1. The van der Waals surface area contributed by atoms with Crippen LogP contribution in [0.4, 0.5) is 4.79 Å². The van der Waals surface area contributed by atoms with E-state index >= 15 is 0 Å². The molecule has 1 N–H and O–H groups in total. The molecule has 0 radical (unpaired) electrons. The molecule has 2 fully saturated rings. The number of nitrogens with zero attached hydrogens (tertiary/aromatic N) is 2. The van der Waals surface area contributed by atoms with Gasteiger partial charge in [-0.15, -0.1) is 11.8 Å². The fraction of sp³-hybridized carbons (Fsp3) is 0.818. The Morgan fingerprint density at radius 3 is 2.59 bits per heavy atom. The van der Waals surface area contributed by atoms with Crippen molar-refractivity contribution in [3.8, 4) is 0 Å². The quantitative estimate of drug-likeness (QED) is 0.773.